The van der Waals surface area contributed by atoms with E-state index in [-0.39, 0.29) is 0 Å². The number of hydrogen-bond acceptors (Lipinski definition) is 6. The number of aromatic amines is 1. The Balaban J connectivity index is 1.73. The van der Waals surface area contributed by atoms with Crippen LogP contribution in [-0.2, 0) is 6.54 Å². The summed E-state index contributed by atoms with van der Waals surface area (Å²) in [5, 5.41) is 11.2. The number of hydrogen-bond donors (Lipinski definition) is 3. The molecule has 0 atom stereocenters. The second-order valence-corrected chi connectivity index (χ2v) is 5.12. The van der Waals surface area contributed by atoms with Gasteiger partial charge in [-0.3, -0.25) is 5.10 Å². The molecule has 0 amide bonds. The minimum atomic E-state index is 0.458. The van der Waals surface area contributed by atoms with Crippen LogP contribution in [0.15, 0.2) is 53.5 Å². The Hall–Kier alpha value is -3.35. The van der Waals surface area contributed by atoms with Gasteiger partial charge in [0.1, 0.15) is 11.6 Å². The van der Waals surface area contributed by atoms with Crippen LogP contribution >= 0.6 is 0 Å². The van der Waals surface area contributed by atoms with E-state index in [1.807, 2.05) is 30.3 Å². The number of anilines is 2. The maximum atomic E-state index is 5.94. The Morgan fingerprint density at radius 2 is 2.17 bits per heavy atom. The van der Waals surface area contributed by atoms with E-state index in [9.17, 15) is 0 Å². The van der Waals surface area contributed by atoms with E-state index in [4.69, 9.17) is 10.2 Å². The standard InChI is InChI=1S/C16H14N6O/c17-16-6-14(19-8-11-7-18-9-23-11)12-2-1-10(5-15(12)21-16)13-3-4-20-22-13/h1-7,9H,8H2,(H,20,22)(H3,17,19,21). The molecule has 4 aromatic rings. The maximum absolute atomic E-state index is 5.94. The summed E-state index contributed by atoms with van der Waals surface area (Å²) in [5.74, 6) is 1.21. The number of H-pyrrole nitrogens is 1. The Morgan fingerprint density at radius 1 is 1.22 bits per heavy atom. The molecular weight excluding hydrogens is 292 g/mol. The highest BCUT2D eigenvalue weighted by atomic mass is 16.3. The van der Waals surface area contributed by atoms with Gasteiger partial charge in [0.25, 0.3) is 0 Å². The van der Waals surface area contributed by atoms with Gasteiger partial charge in [0, 0.05) is 28.9 Å². The zero-order valence-corrected chi connectivity index (χ0v) is 12.2. The first-order valence-corrected chi connectivity index (χ1v) is 7.11. The molecule has 4 N–H and O–H groups in total. The highest BCUT2D eigenvalue weighted by Gasteiger charge is 2.08. The molecule has 7 heteroatoms. The number of nitrogens with zero attached hydrogens (tertiary/aromatic N) is 3. The van der Waals surface area contributed by atoms with Crippen molar-refractivity contribution in [2.75, 3.05) is 11.1 Å². The Bertz CT molecular complexity index is 931. The first-order valence-electron chi connectivity index (χ1n) is 7.11. The van der Waals surface area contributed by atoms with Crippen molar-refractivity contribution in [3.05, 3.63) is 54.9 Å². The quantitative estimate of drug-likeness (QED) is 0.535. The van der Waals surface area contributed by atoms with Crippen molar-refractivity contribution in [2.45, 2.75) is 6.54 Å². The number of nitrogens with two attached hydrogens (primary N) is 1. The van der Waals surface area contributed by atoms with Gasteiger partial charge >= 0.3 is 0 Å². The lowest BCUT2D eigenvalue weighted by Crippen LogP contribution is -2.01. The molecule has 0 radical (unpaired) electrons. The van der Waals surface area contributed by atoms with Gasteiger partial charge in [-0.2, -0.15) is 5.10 Å². The van der Waals surface area contributed by atoms with Crippen molar-refractivity contribution in [1.82, 2.24) is 20.2 Å². The number of rotatable bonds is 4. The number of aromatic nitrogens is 4. The summed E-state index contributed by atoms with van der Waals surface area (Å²) in [6, 6.07) is 9.75. The molecule has 4 rings (SSSR count). The average molecular weight is 306 g/mol. The normalized spacial score (nSPS) is 11.0. The number of pyridine rings is 1. The molecule has 23 heavy (non-hydrogen) atoms. The van der Waals surface area contributed by atoms with Crippen molar-refractivity contribution >= 4 is 22.4 Å². The molecule has 0 aliphatic carbocycles. The molecule has 0 unspecified atom stereocenters. The molecule has 0 saturated carbocycles. The van der Waals surface area contributed by atoms with Crippen LogP contribution in [0, 0.1) is 0 Å². The van der Waals surface area contributed by atoms with Gasteiger partial charge in [-0.15, -0.1) is 0 Å². The fourth-order valence-electron chi connectivity index (χ4n) is 2.49. The molecule has 0 spiro atoms. The number of benzene rings is 1. The lowest BCUT2D eigenvalue weighted by atomic mass is 10.1. The largest absolute Gasteiger partial charge is 0.447 e. The Kier molecular flexibility index (Phi) is 3.16. The van der Waals surface area contributed by atoms with Gasteiger partial charge in [0.15, 0.2) is 6.39 Å². The fourth-order valence-corrected chi connectivity index (χ4v) is 2.49. The van der Waals surface area contributed by atoms with Crippen LogP contribution in [0.2, 0.25) is 0 Å². The highest BCUT2D eigenvalue weighted by molar-refractivity contribution is 5.95. The molecule has 0 aliphatic rings. The molecule has 3 aromatic heterocycles. The van der Waals surface area contributed by atoms with Gasteiger partial charge < -0.3 is 15.5 Å². The molecule has 0 fully saturated rings. The molecule has 0 aliphatic heterocycles. The van der Waals surface area contributed by atoms with Crippen LogP contribution < -0.4 is 11.1 Å². The SMILES string of the molecule is Nc1cc(NCc2cnco2)c2ccc(-c3ccn[nH]3)cc2n1. The van der Waals surface area contributed by atoms with Crippen molar-refractivity contribution in [3.63, 3.8) is 0 Å². The minimum absolute atomic E-state index is 0.458. The molecule has 1 aromatic carbocycles. The van der Waals surface area contributed by atoms with E-state index in [1.54, 1.807) is 12.4 Å². The Labute approximate surface area is 131 Å². The monoisotopic (exact) mass is 306 g/mol. The summed E-state index contributed by atoms with van der Waals surface area (Å²) in [4.78, 5) is 8.32. The summed E-state index contributed by atoms with van der Waals surface area (Å²) < 4.78 is 5.23. The van der Waals surface area contributed by atoms with E-state index >= 15 is 0 Å². The van der Waals surface area contributed by atoms with Gasteiger partial charge in [0.2, 0.25) is 0 Å². The van der Waals surface area contributed by atoms with Crippen LogP contribution in [0.3, 0.4) is 0 Å². The van der Waals surface area contributed by atoms with Gasteiger partial charge in [-0.1, -0.05) is 12.1 Å². The third kappa shape index (κ3) is 2.59. The summed E-state index contributed by atoms with van der Waals surface area (Å²) in [6.45, 7) is 0.529. The predicted molar refractivity (Wildman–Crippen MR) is 87.6 cm³/mol. The summed E-state index contributed by atoms with van der Waals surface area (Å²) in [5.41, 5.74) is 9.60. The van der Waals surface area contributed by atoms with Crippen LogP contribution in [0.25, 0.3) is 22.2 Å². The highest BCUT2D eigenvalue weighted by Crippen LogP contribution is 2.28. The minimum Gasteiger partial charge on any atom is -0.447 e. The summed E-state index contributed by atoms with van der Waals surface area (Å²) >= 11 is 0. The van der Waals surface area contributed by atoms with Gasteiger partial charge in [-0.25, -0.2) is 9.97 Å². The third-order valence-corrected chi connectivity index (χ3v) is 3.58. The lowest BCUT2D eigenvalue weighted by Gasteiger charge is -2.10. The molecule has 0 saturated heterocycles. The van der Waals surface area contributed by atoms with Crippen LogP contribution in [-0.4, -0.2) is 20.2 Å². The molecule has 114 valence electrons. The third-order valence-electron chi connectivity index (χ3n) is 3.58. The zero-order chi connectivity index (χ0) is 15.6. The van der Waals surface area contributed by atoms with Crippen molar-refractivity contribution < 1.29 is 4.42 Å². The van der Waals surface area contributed by atoms with Crippen molar-refractivity contribution in [1.29, 1.82) is 0 Å². The average Bonchev–Trinajstić information content (AvgIpc) is 3.25. The van der Waals surface area contributed by atoms with Crippen molar-refractivity contribution in [2.24, 2.45) is 0 Å². The van der Waals surface area contributed by atoms with Gasteiger partial charge in [-0.05, 0) is 12.1 Å². The van der Waals surface area contributed by atoms with Gasteiger partial charge in [0.05, 0.1) is 24.0 Å². The number of fused-ring (bicyclic) bond motifs is 1. The zero-order valence-electron chi connectivity index (χ0n) is 12.2. The van der Waals surface area contributed by atoms with Crippen LogP contribution in [0.1, 0.15) is 5.76 Å². The lowest BCUT2D eigenvalue weighted by molar-refractivity contribution is 0.512. The summed E-state index contributed by atoms with van der Waals surface area (Å²) in [7, 11) is 0. The van der Waals surface area contributed by atoms with E-state index < -0.39 is 0 Å². The number of nitrogens with one attached hydrogen (secondary N) is 2. The van der Waals surface area contributed by atoms with E-state index in [0.717, 1.165) is 33.6 Å². The summed E-state index contributed by atoms with van der Waals surface area (Å²) in [6.07, 6.45) is 4.81. The van der Waals surface area contributed by atoms with Crippen LogP contribution in [0.4, 0.5) is 11.5 Å². The Morgan fingerprint density at radius 3 is 2.96 bits per heavy atom. The molecule has 0 bridgehead atoms. The number of nitrogen functional groups attached to an aromatic ring is 1. The topological polar surface area (TPSA) is 106 Å². The molecule has 3 heterocycles. The number of oxazole rings is 1. The van der Waals surface area contributed by atoms with Crippen LogP contribution in [0.5, 0.6) is 0 Å². The smallest absolute Gasteiger partial charge is 0.180 e. The van der Waals surface area contributed by atoms with E-state index in [0.29, 0.717) is 12.4 Å². The predicted octanol–water partition coefficient (Wildman–Crippen LogP) is 2.81. The molecular formula is C16H14N6O. The first-order chi connectivity index (χ1) is 11.3. The van der Waals surface area contributed by atoms with E-state index in [2.05, 4.69) is 25.5 Å². The second-order valence-electron chi connectivity index (χ2n) is 5.12. The maximum Gasteiger partial charge on any atom is 0.180 e. The van der Waals surface area contributed by atoms with E-state index in [1.165, 1.54) is 6.39 Å². The molecule has 7 nitrogen and oxygen atoms in total. The fraction of sp³-hybridized carbons (Fsp3) is 0.0625. The second kappa shape index (κ2) is 5.45. The first kappa shape index (κ1) is 13.3. The van der Waals surface area contributed by atoms with Crippen molar-refractivity contribution in [3.8, 4) is 11.3 Å².